The second-order valence-corrected chi connectivity index (χ2v) is 9.85. The Kier molecular flexibility index (Phi) is 6.62. The van der Waals surface area contributed by atoms with Crippen molar-refractivity contribution in [3.05, 3.63) is 39.9 Å². The van der Waals surface area contributed by atoms with Crippen molar-refractivity contribution in [2.75, 3.05) is 30.2 Å². The van der Waals surface area contributed by atoms with E-state index in [-0.39, 0.29) is 29.7 Å². The second kappa shape index (κ2) is 9.33. The van der Waals surface area contributed by atoms with Gasteiger partial charge in [0, 0.05) is 37.7 Å². The van der Waals surface area contributed by atoms with Crippen LogP contribution in [0.5, 0.6) is 5.75 Å². The number of anilines is 2. The summed E-state index contributed by atoms with van der Waals surface area (Å²) < 4.78 is 0. The molecule has 4 amide bonds. The summed E-state index contributed by atoms with van der Waals surface area (Å²) in [5, 5.41) is 48.4. The molecule has 1 aromatic rings. The van der Waals surface area contributed by atoms with E-state index < -0.39 is 82.0 Å². The van der Waals surface area contributed by atoms with Crippen LogP contribution in [0.25, 0.3) is 0 Å². The van der Waals surface area contributed by atoms with Crippen LogP contribution in [0.3, 0.4) is 0 Å². The first-order chi connectivity index (χ1) is 17.7. The van der Waals surface area contributed by atoms with E-state index in [1.54, 1.807) is 19.0 Å². The number of aliphatic hydroxyl groups is 3. The summed E-state index contributed by atoms with van der Waals surface area (Å²) in [6, 6.07) is 0.382. The van der Waals surface area contributed by atoms with Crippen LogP contribution in [0.4, 0.5) is 16.2 Å². The fourth-order valence-corrected chi connectivity index (χ4v) is 5.55. The number of nitrogens with two attached hydrogens (primary N) is 1. The third-order valence-electron chi connectivity index (χ3n) is 7.15. The molecular weight excluding hydrogens is 524 g/mol. The minimum Gasteiger partial charge on any atom is -0.508 e. The molecule has 0 spiro atoms. The normalized spacial score (nSPS) is 24.3. The number of urea groups is 1. The lowest BCUT2D eigenvalue weighted by atomic mass is 9.60. The number of aromatic hydroxyl groups is 1. The molecule has 13 nitrogen and oxygen atoms in total. The number of ketones is 2. The number of carbonyl (C=O) groups is 5. The van der Waals surface area contributed by atoms with Crippen molar-refractivity contribution in [3.63, 3.8) is 0 Å². The monoisotopic (exact) mass is 548 g/mol. The van der Waals surface area contributed by atoms with Crippen molar-refractivity contribution < 1.29 is 44.4 Å². The largest absolute Gasteiger partial charge is 0.508 e. The highest BCUT2D eigenvalue weighted by molar-refractivity contribution is 6.28. The van der Waals surface area contributed by atoms with Crippen molar-refractivity contribution in [2.24, 2.45) is 17.6 Å². The number of hydrogen-bond acceptors (Lipinski definition) is 10. The van der Waals surface area contributed by atoms with Crippen LogP contribution < -0.4 is 21.3 Å². The Morgan fingerprint density at radius 3 is 2.39 bits per heavy atom. The zero-order valence-electron chi connectivity index (χ0n) is 20.3. The van der Waals surface area contributed by atoms with E-state index in [2.05, 4.69) is 5.32 Å². The van der Waals surface area contributed by atoms with Gasteiger partial charge in [0.1, 0.15) is 23.0 Å². The van der Waals surface area contributed by atoms with E-state index in [1.807, 2.05) is 5.32 Å². The van der Waals surface area contributed by atoms with Gasteiger partial charge in [0.25, 0.3) is 5.91 Å². The first-order valence-corrected chi connectivity index (χ1v) is 12.0. The Morgan fingerprint density at radius 2 is 1.82 bits per heavy atom. The Morgan fingerprint density at radius 1 is 1.16 bits per heavy atom. The lowest BCUT2D eigenvalue weighted by molar-refractivity contribution is -0.128. The predicted octanol–water partition coefficient (Wildman–Crippen LogP) is 0.533. The predicted molar refractivity (Wildman–Crippen MR) is 133 cm³/mol. The Hall–Kier alpha value is -4.10. The third kappa shape index (κ3) is 3.94. The Bertz CT molecular complexity index is 1380. The highest BCUT2D eigenvalue weighted by Gasteiger charge is 2.58. The minimum atomic E-state index is -2.62. The number of phenolic OH excluding ortho intramolecular Hbond substituents is 1. The number of halogens is 1. The average molecular weight is 549 g/mol. The number of imide groups is 1. The number of amides is 4. The van der Waals surface area contributed by atoms with Gasteiger partial charge in [-0.3, -0.25) is 24.5 Å². The fraction of sp³-hybridized carbons (Fsp3) is 0.375. The van der Waals surface area contributed by atoms with Crippen LogP contribution in [0, 0.1) is 11.8 Å². The van der Waals surface area contributed by atoms with Crippen LogP contribution in [0.1, 0.15) is 28.8 Å². The number of rotatable bonds is 4. The molecule has 0 radical (unpaired) electrons. The maximum Gasteiger partial charge on any atom is 0.326 e. The summed E-state index contributed by atoms with van der Waals surface area (Å²) in [6.45, 7) is 0. The molecule has 1 aromatic carbocycles. The molecule has 0 unspecified atom stereocenters. The number of benzene rings is 1. The highest BCUT2D eigenvalue weighted by atomic mass is 35.5. The Labute approximate surface area is 220 Å². The summed E-state index contributed by atoms with van der Waals surface area (Å²) >= 11 is 5.39. The van der Waals surface area contributed by atoms with Gasteiger partial charge in [-0.1, -0.05) is 0 Å². The van der Waals surface area contributed by atoms with Crippen molar-refractivity contribution in [1.29, 1.82) is 0 Å². The van der Waals surface area contributed by atoms with Crippen molar-refractivity contribution in [3.8, 4) is 5.75 Å². The average Bonchev–Trinajstić information content (AvgIpc) is 2.82. The molecule has 0 fully saturated rings. The lowest BCUT2D eigenvalue weighted by Gasteiger charge is -2.46. The molecule has 8 N–H and O–H groups in total. The molecule has 0 saturated heterocycles. The number of primary amides is 1. The van der Waals surface area contributed by atoms with Gasteiger partial charge >= 0.3 is 6.03 Å². The molecule has 0 saturated carbocycles. The van der Waals surface area contributed by atoms with E-state index >= 15 is 0 Å². The number of Topliss-reactive ketones (excluding diaryl/α,β-unsaturated/α-hetero) is 2. The first-order valence-electron chi connectivity index (χ1n) is 11.4. The molecule has 3 aliphatic rings. The molecule has 0 aliphatic heterocycles. The van der Waals surface area contributed by atoms with E-state index in [0.717, 1.165) is 0 Å². The zero-order valence-corrected chi connectivity index (χ0v) is 21.0. The van der Waals surface area contributed by atoms with Crippen molar-refractivity contribution in [1.82, 2.24) is 5.32 Å². The first kappa shape index (κ1) is 26.9. The van der Waals surface area contributed by atoms with Crippen molar-refractivity contribution in [2.45, 2.75) is 24.9 Å². The maximum atomic E-state index is 13.8. The summed E-state index contributed by atoms with van der Waals surface area (Å²) in [5.74, 6) is -8.79. The van der Waals surface area contributed by atoms with Gasteiger partial charge in [0.05, 0.1) is 11.3 Å². The Balaban J connectivity index is 1.88. The van der Waals surface area contributed by atoms with Gasteiger partial charge in [0.15, 0.2) is 22.9 Å². The molecule has 38 heavy (non-hydrogen) atoms. The lowest BCUT2D eigenvalue weighted by Crippen LogP contribution is -2.54. The number of fused-ring (bicyclic) bond motifs is 3. The van der Waals surface area contributed by atoms with Crippen LogP contribution in [0.2, 0.25) is 0 Å². The molecule has 0 bridgehead atoms. The number of carbonyl (C=O) groups excluding carboxylic acids is 5. The number of nitrogens with one attached hydrogen (secondary N) is 2. The number of hydrogen-bond donors (Lipinski definition) is 7. The standard InChI is InChI=1S/C24H25ClN4O9/c1-29(2)12-6-11(27-23(37)28-14(31)7-25)18(32)16-10(12)4-8-3-9-5-13(30)17(22(26)36)21(35)24(9,38)20(34)15(8)19(16)33/h6,8-9,32,34-35,38H,3-5,7H2,1-2H3,(H2,26,36)(H2,27,28,31,37)/t8-,9+,24+/m1/s1. The van der Waals surface area contributed by atoms with Crippen LogP contribution in [-0.4, -0.2) is 75.4 Å². The molecule has 3 atom stereocenters. The van der Waals surface area contributed by atoms with Gasteiger partial charge in [0.2, 0.25) is 5.91 Å². The van der Waals surface area contributed by atoms with Crippen molar-refractivity contribution >= 4 is 52.4 Å². The number of phenols is 1. The fourth-order valence-electron chi connectivity index (χ4n) is 5.48. The van der Waals surface area contributed by atoms with Gasteiger partial charge < -0.3 is 36.4 Å². The minimum absolute atomic E-state index is 0.0144. The van der Waals surface area contributed by atoms with E-state index in [4.69, 9.17) is 17.3 Å². The second-order valence-electron chi connectivity index (χ2n) is 9.58. The van der Waals surface area contributed by atoms with E-state index in [1.165, 1.54) is 6.07 Å². The molecular formula is C24H25ClN4O9. The number of allylic oxidation sites excluding steroid dienone is 1. The number of aliphatic hydroxyl groups excluding tert-OH is 2. The van der Waals surface area contributed by atoms with Gasteiger partial charge in [-0.25, -0.2) is 4.79 Å². The van der Waals surface area contributed by atoms with Crippen LogP contribution >= 0.6 is 11.6 Å². The highest BCUT2D eigenvalue weighted by Crippen LogP contribution is 2.53. The van der Waals surface area contributed by atoms with E-state index in [9.17, 15) is 44.4 Å². The molecule has 4 rings (SSSR count). The summed E-state index contributed by atoms with van der Waals surface area (Å²) in [7, 11) is 3.32. The summed E-state index contributed by atoms with van der Waals surface area (Å²) in [5.41, 5.74) is 1.71. The maximum absolute atomic E-state index is 13.8. The van der Waals surface area contributed by atoms with Gasteiger partial charge in [-0.2, -0.15) is 0 Å². The third-order valence-corrected chi connectivity index (χ3v) is 7.39. The molecule has 3 aliphatic carbocycles. The molecule has 0 heterocycles. The van der Waals surface area contributed by atoms with Crippen LogP contribution in [0.15, 0.2) is 28.7 Å². The zero-order chi connectivity index (χ0) is 28.3. The smallest absolute Gasteiger partial charge is 0.326 e. The molecule has 202 valence electrons. The van der Waals surface area contributed by atoms with Gasteiger partial charge in [-0.15, -0.1) is 11.6 Å². The molecule has 14 heteroatoms. The topological polar surface area (TPSA) is 220 Å². The summed E-state index contributed by atoms with van der Waals surface area (Å²) in [6.07, 6.45) is -0.329. The number of nitrogens with zero attached hydrogens (tertiary/aromatic N) is 1. The SMILES string of the molecule is CN(C)c1cc(NC(=O)NC(=O)CCl)c(O)c2c1C[C@H]1C[C@H]3CC(=O)C(C(N)=O)=C(O)[C@@]3(O)C(O)=C1C2=O. The molecule has 0 aromatic heterocycles. The quantitative estimate of drug-likeness (QED) is 0.157. The van der Waals surface area contributed by atoms with Gasteiger partial charge in [-0.05, 0) is 30.4 Å². The summed E-state index contributed by atoms with van der Waals surface area (Å²) in [4.78, 5) is 63.3. The van der Waals surface area contributed by atoms with Crippen LogP contribution in [-0.2, 0) is 20.8 Å². The number of alkyl halides is 1. The van der Waals surface area contributed by atoms with E-state index in [0.29, 0.717) is 11.3 Å².